The van der Waals surface area contributed by atoms with E-state index in [9.17, 15) is 4.79 Å². The maximum atomic E-state index is 11.7. The third-order valence-corrected chi connectivity index (χ3v) is 2.77. The fourth-order valence-electron chi connectivity index (χ4n) is 1.13. The summed E-state index contributed by atoms with van der Waals surface area (Å²) in [5, 5.41) is 3.64. The van der Waals surface area contributed by atoms with Crippen LogP contribution in [0.25, 0.3) is 0 Å². The molecule has 0 saturated carbocycles. The Morgan fingerprint density at radius 3 is 2.56 bits per heavy atom. The Morgan fingerprint density at radius 1 is 1.31 bits per heavy atom. The fourth-order valence-corrected chi connectivity index (χ4v) is 1.43. The molecule has 1 rings (SSSR count). The molecule has 0 aliphatic rings. The van der Waals surface area contributed by atoms with Crippen molar-refractivity contribution in [2.75, 3.05) is 27.2 Å². The lowest BCUT2D eigenvalue weighted by atomic mass is 10.2. The van der Waals surface area contributed by atoms with Gasteiger partial charge >= 0.3 is 0 Å². The number of halogens is 2. The van der Waals surface area contributed by atoms with Gasteiger partial charge in [0.15, 0.2) is 0 Å². The summed E-state index contributed by atoms with van der Waals surface area (Å²) in [4.78, 5) is 13.7. The number of carbonyl (C=O) groups is 1. The molecule has 0 unspecified atom stereocenters. The van der Waals surface area contributed by atoms with E-state index in [0.29, 0.717) is 22.2 Å². The number of hydrogen-bond donors (Lipinski definition) is 1. The van der Waals surface area contributed by atoms with E-state index in [4.69, 9.17) is 23.2 Å². The topological polar surface area (TPSA) is 32.3 Å². The standard InChI is InChI=1S/C11H14Cl2N2O/c1-15(2)6-5-14-11(16)8-3-4-9(12)10(13)7-8/h3-4,7H,5-6H2,1-2H3,(H,14,16). The van der Waals surface area contributed by atoms with E-state index >= 15 is 0 Å². The van der Waals surface area contributed by atoms with E-state index < -0.39 is 0 Å². The van der Waals surface area contributed by atoms with Crippen molar-refractivity contribution in [3.8, 4) is 0 Å². The average Bonchev–Trinajstić information content (AvgIpc) is 2.21. The summed E-state index contributed by atoms with van der Waals surface area (Å²) in [7, 11) is 3.90. The molecule has 0 fully saturated rings. The number of nitrogens with one attached hydrogen (secondary N) is 1. The summed E-state index contributed by atoms with van der Waals surface area (Å²) in [6.45, 7) is 1.40. The van der Waals surface area contributed by atoms with E-state index in [0.717, 1.165) is 6.54 Å². The van der Waals surface area contributed by atoms with Crippen molar-refractivity contribution in [3.63, 3.8) is 0 Å². The Hall–Kier alpha value is -0.770. The van der Waals surface area contributed by atoms with Crippen molar-refractivity contribution in [1.29, 1.82) is 0 Å². The van der Waals surface area contributed by atoms with Crippen LogP contribution in [-0.4, -0.2) is 38.0 Å². The third-order valence-electron chi connectivity index (χ3n) is 2.03. The first-order valence-corrected chi connectivity index (χ1v) is 5.64. The van der Waals surface area contributed by atoms with Gasteiger partial charge in [-0.3, -0.25) is 4.79 Å². The van der Waals surface area contributed by atoms with Crippen molar-refractivity contribution < 1.29 is 4.79 Å². The Morgan fingerprint density at radius 2 is 2.00 bits per heavy atom. The number of nitrogens with zero attached hydrogens (tertiary/aromatic N) is 1. The lowest BCUT2D eigenvalue weighted by Gasteiger charge is -2.10. The van der Waals surface area contributed by atoms with Crippen LogP contribution in [0.15, 0.2) is 18.2 Å². The first kappa shape index (κ1) is 13.3. The molecule has 1 N–H and O–H groups in total. The van der Waals surface area contributed by atoms with Gasteiger partial charge in [0.25, 0.3) is 5.91 Å². The Kier molecular flexibility index (Phi) is 5.06. The van der Waals surface area contributed by atoms with E-state index in [2.05, 4.69) is 5.32 Å². The molecule has 1 aromatic rings. The summed E-state index contributed by atoms with van der Waals surface area (Å²) in [6.07, 6.45) is 0. The summed E-state index contributed by atoms with van der Waals surface area (Å²) >= 11 is 11.6. The highest BCUT2D eigenvalue weighted by Crippen LogP contribution is 2.22. The van der Waals surface area contributed by atoms with Gasteiger partial charge in [0.05, 0.1) is 10.0 Å². The molecule has 0 saturated heterocycles. The van der Waals surface area contributed by atoms with Crippen LogP contribution in [-0.2, 0) is 0 Å². The van der Waals surface area contributed by atoms with E-state index in [1.165, 1.54) is 0 Å². The summed E-state index contributed by atoms with van der Waals surface area (Å²) < 4.78 is 0. The Labute approximate surface area is 105 Å². The van der Waals surface area contributed by atoms with Crippen LogP contribution in [0.4, 0.5) is 0 Å². The third kappa shape index (κ3) is 4.00. The minimum absolute atomic E-state index is 0.139. The highest BCUT2D eigenvalue weighted by molar-refractivity contribution is 6.42. The number of benzene rings is 1. The van der Waals surface area contributed by atoms with Gasteiger partial charge in [0, 0.05) is 18.7 Å². The minimum Gasteiger partial charge on any atom is -0.351 e. The molecule has 1 aromatic carbocycles. The van der Waals surface area contributed by atoms with Crippen LogP contribution >= 0.6 is 23.2 Å². The van der Waals surface area contributed by atoms with Crippen molar-refractivity contribution in [1.82, 2.24) is 10.2 Å². The molecule has 0 aliphatic carbocycles. The van der Waals surface area contributed by atoms with Gasteiger partial charge in [0.1, 0.15) is 0 Å². The summed E-state index contributed by atoms with van der Waals surface area (Å²) in [5.74, 6) is -0.139. The molecular formula is C11H14Cl2N2O. The Balaban J connectivity index is 2.56. The molecule has 0 aromatic heterocycles. The molecule has 0 heterocycles. The summed E-state index contributed by atoms with van der Waals surface area (Å²) in [6, 6.07) is 4.83. The van der Waals surface area contributed by atoms with Gasteiger partial charge in [-0.1, -0.05) is 23.2 Å². The molecular weight excluding hydrogens is 247 g/mol. The van der Waals surface area contributed by atoms with Crippen LogP contribution in [0, 0.1) is 0 Å². The molecule has 0 radical (unpaired) electrons. The van der Waals surface area contributed by atoms with Crippen molar-refractivity contribution in [2.45, 2.75) is 0 Å². The highest BCUT2D eigenvalue weighted by atomic mass is 35.5. The lowest BCUT2D eigenvalue weighted by molar-refractivity contribution is 0.0951. The lowest BCUT2D eigenvalue weighted by Crippen LogP contribution is -2.31. The van der Waals surface area contributed by atoms with Crippen LogP contribution in [0.1, 0.15) is 10.4 Å². The van der Waals surface area contributed by atoms with Crippen LogP contribution in [0.5, 0.6) is 0 Å². The maximum Gasteiger partial charge on any atom is 0.251 e. The average molecular weight is 261 g/mol. The predicted octanol–water partition coefficient (Wildman–Crippen LogP) is 2.28. The second-order valence-electron chi connectivity index (χ2n) is 3.69. The molecule has 0 atom stereocenters. The monoisotopic (exact) mass is 260 g/mol. The van der Waals surface area contributed by atoms with Crippen LogP contribution in [0.3, 0.4) is 0 Å². The molecule has 1 amide bonds. The molecule has 88 valence electrons. The number of hydrogen-bond acceptors (Lipinski definition) is 2. The largest absolute Gasteiger partial charge is 0.351 e. The molecule has 0 bridgehead atoms. The predicted molar refractivity (Wildman–Crippen MR) is 67.3 cm³/mol. The minimum atomic E-state index is -0.139. The van der Waals surface area contributed by atoms with E-state index in [1.54, 1.807) is 18.2 Å². The fraction of sp³-hybridized carbons (Fsp3) is 0.364. The summed E-state index contributed by atoms with van der Waals surface area (Å²) in [5.41, 5.74) is 0.521. The van der Waals surface area contributed by atoms with Crippen molar-refractivity contribution in [3.05, 3.63) is 33.8 Å². The molecule has 0 aliphatic heterocycles. The quantitative estimate of drug-likeness (QED) is 0.901. The first-order chi connectivity index (χ1) is 7.50. The van der Waals surface area contributed by atoms with E-state index in [-0.39, 0.29) is 5.91 Å². The number of amides is 1. The zero-order valence-electron chi connectivity index (χ0n) is 9.26. The van der Waals surface area contributed by atoms with E-state index in [1.807, 2.05) is 19.0 Å². The first-order valence-electron chi connectivity index (χ1n) is 4.88. The Bertz CT molecular complexity index is 380. The second-order valence-corrected chi connectivity index (χ2v) is 4.50. The SMILES string of the molecule is CN(C)CCNC(=O)c1ccc(Cl)c(Cl)c1. The number of rotatable bonds is 4. The molecule has 0 spiro atoms. The van der Waals surface area contributed by atoms with Crippen LogP contribution in [0.2, 0.25) is 10.0 Å². The van der Waals surface area contributed by atoms with Gasteiger partial charge in [-0.25, -0.2) is 0 Å². The van der Waals surface area contributed by atoms with Crippen molar-refractivity contribution >= 4 is 29.1 Å². The highest BCUT2D eigenvalue weighted by Gasteiger charge is 2.07. The smallest absolute Gasteiger partial charge is 0.251 e. The zero-order valence-corrected chi connectivity index (χ0v) is 10.8. The van der Waals surface area contributed by atoms with Gasteiger partial charge in [-0.15, -0.1) is 0 Å². The van der Waals surface area contributed by atoms with Crippen molar-refractivity contribution in [2.24, 2.45) is 0 Å². The second kappa shape index (κ2) is 6.09. The number of likely N-dealkylation sites (N-methyl/N-ethyl adjacent to an activating group) is 1. The van der Waals surface area contributed by atoms with Gasteiger partial charge in [0.2, 0.25) is 0 Å². The van der Waals surface area contributed by atoms with Gasteiger partial charge in [-0.05, 0) is 32.3 Å². The maximum absolute atomic E-state index is 11.7. The van der Waals surface area contributed by atoms with Gasteiger partial charge < -0.3 is 10.2 Å². The normalized spacial score (nSPS) is 10.6. The molecule has 3 nitrogen and oxygen atoms in total. The molecule has 5 heteroatoms. The molecule has 16 heavy (non-hydrogen) atoms. The van der Waals surface area contributed by atoms with Gasteiger partial charge in [-0.2, -0.15) is 0 Å². The van der Waals surface area contributed by atoms with Crippen LogP contribution < -0.4 is 5.32 Å². The number of carbonyl (C=O) groups excluding carboxylic acids is 1. The zero-order chi connectivity index (χ0) is 12.1.